The standard InChI is InChI=1S/C31H30N4O2/c1-34(31(37)26-16-10-14-23-13-6-7-15-25(23)26)24(21-22-11-4-3-5-12-22)19-20-32-30(36)29-33-27-17-8-9-18-28(27)35(29)2/h3-18,24H,19-21H2,1-2H3,(H,32,36)/t24-/m1/s1. The van der Waals surface area contributed by atoms with E-state index in [0.29, 0.717) is 30.8 Å². The Morgan fingerprint density at radius 2 is 1.59 bits per heavy atom. The Kier molecular flexibility index (Phi) is 6.99. The van der Waals surface area contributed by atoms with Gasteiger partial charge in [0.2, 0.25) is 0 Å². The Labute approximate surface area is 216 Å². The second-order valence-corrected chi connectivity index (χ2v) is 9.31. The first-order chi connectivity index (χ1) is 18.0. The van der Waals surface area contributed by atoms with Crippen molar-refractivity contribution in [2.45, 2.75) is 18.9 Å². The largest absolute Gasteiger partial charge is 0.349 e. The fourth-order valence-corrected chi connectivity index (χ4v) is 4.87. The minimum Gasteiger partial charge on any atom is -0.349 e. The number of benzene rings is 4. The van der Waals surface area contributed by atoms with E-state index in [2.05, 4.69) is 22.4 Å². The smallest absolute Gasteiger partial charge is 0.287 e. The maximum atomic E-state index is 13.7. The number of likely N-dealkylation sites (N-methyl/N-ethyl adjacent to an activating group) is 1. The number of carbonyl (C=O) groups is 2. The van der Waals surface area contributed by atoms with E-state index in [1.165, 1.54) is 0 Å². The Bertz CT molecular complexity index is 1550. The highest BCUT2D eigenvalue weighted by molar-refractivity contribution is 6.07. The van der Waals surface area contributed by atoms with Crippen LogP contribution in [0.25, 0.3) is 21.8 Å². The summed E-state index contributed by atoms with van der Waals surface area (Å²) < 4.78 is 1.81. The molecule has 5 aromatic rings. The molecule has 1 N–H and O–H groups in total. The first-order valence-electron chi connectivity index (χ1n) is 12.5. The molecule has 1 atom stereocenters. The van der Waals surface area contributed by atoms with Crippen molar-refractivity contribution in [3.63, 3.8) is 0 Å². The van der Waals surface area contributed by atoms with Gasteiger partial charge in [-0.05, 0) is 47.4 Å². The van der Waals surface area contributed by atoms with Crippen LogP contribution in [0.5, 0.6) is 0 Å². The maximum Gasteiger partial charge on any atom is 0.287 e. The van der Waals surface area contributed by atoms with Gasteiger partial charge in [-0.3, -0.25) is 9.59 Å². The highest BCUT2D eigenvalue weighted by Crippen LogP contribution is 2.22. The molecule has 0 saturated heterocycles. The molecular formula is C31H30N4O2. The maximum absolute atomic E-state index is 13.7. The molecule has 0 aliphatic heterocycles. The highest BCUT2D eigenvalue weighted by Gasteiger charge is 2.23. The Morgan fingerprint density at radius 1 is 0.892 bits per heavy atom. The third-order valence-corrected chi connectivity index (χ3v) is 6.96. The van der Waals surface area contributed by atoms with E-state index in [-0.39, 0.29) is 17.9 Å². The van der Waals surface area contributed by atoms with E-state index in [0.717, 1.165) is 27.4 Å². The molecular weight excluding hydrogens is 460 g/mol. The van der Waals surface area contributed by atoms with Gasteiger partial charge in [0.1, 0.15) is 0 Å². The summed E-state index contributed by atoms with van der Waals surface area (Å²) in [5, 5.41) is 5.00. The molecule has 0 aliphatic rings. The molecule has 5 rings (SSSR count). The molecule has 0 unspecified atom stereocenters. The third kappa shape index (κ3) is 5.09. The van der Waals surface area contributed by atoms with Crippen molar-refractivity contribution in [3.8, 4) is 0 Å². The van der Waals surface area contributed by atoms with Gasteiger partial charge in [-0.25, -0.2) is 4.98 Å². The van der Waals surface area contributed by atoms with E-state index in [1.807, 2.05) is 108 Å². The summed E-state index contributed by atoms with van der Waals surface area (Å²) in [5.74, 6) is 0.126. The van der Waals surface area contributed by atoms with Crippen LogP contribution in [0.15, 0.2) is 97.1 Å². The van der Waals surface area contributed by atoms with Gasteiger partial charge >= 0.3 is 0 Å². The van der Waals surface area contributed by atoms with Crippen molar-refractivity contribution in [2.75, 3.05) is 13.6 Å². The van der Waals surface area contributed by atoms with Crippen molar-refractivity contribution >= 4 is 33.6 Å². The van der Waals surface area contributed by atoms with Gasteiger partial charge in [0, 0.05) is 32.2 Å². The summed E-state index contributed by atoms with van der Waals surface area (Å²) in [5.41, 5.74) is 3.53. The van der Waals surface area contributed by atoms with E-state index in [4.69, 9.17) is 0 Å². The zero-order valence-corrected chi connectivity index (χ0v) is 21.1. The van der Waals surface area contributed by atoms with Crippen LogP contribution < -0.4 is 5.32 Å². The third-order valence-electron chi connectivity index (χ3n) is 6.96. The van der Waals surface area contributed by atoms with Gasteiger partial charge in [-0.2, -0.15) is 0 Å². The lowest BCUT2D eigenvalue weighted by atomic mass is 9.99. The number of para-hydroxylation sites is 2. The van der Waals surface area contributed by atoms with Gasteiger partial charge in [-0.15, -0.1) is 0 Å². The number of amides is 2. The van der Waals surface area contributed by atoms with Crippen LogP contribution in [-0.2, 0) is 13.5 Å². The van der Waals surface area contributed by atoms with Crippen LogP contribution >= 0.6 is 0 Å². The van der Waals surface area contributed by atoms with Crippen molar-refractivity contribution in [3.05, 3.63) is 114 Å². The van der Waals surface area contributed by atoms with E-state index in [9.17, 15) is 9.59 Å². The molecule has 0 radical (unpaired) electrons. The number of nitrogens with zero attached hydrogens (tertiary/aromatic N) is 3. The minimum absolute atomic E-state index is 0.0283. The van der Waals surface area contributed by atoms with Crippen molar-refractivity contribution < 1.29 is 9.59 Å². The first kappa shape index (κ1) is 24.3. The number of hydrogen-bond acceptors (Lipinski definition) is 3. The zero-order valence-electron chi connectivity index (χ0n) is 21.1. The molecule has 0 saturated carbocycles. The monoisotopic (exact) mass is 490 g/mol. The van der Waals surface area contributed by atoms with Gasteiger partial charge < -0.3 is 14.8 Å². The fourth-order valence-electron chi connectivity index (χ4n) is 4.87. The molecule has 4 aromatic carbocycles. The number of rotatable bonds is 8. The van der Waals surface area contributed by atoms with Crippen LogP contribution in [0, 0.1) is 0 Å². The second kappa shape index (κ2) is 10.7. The van der Waals surface area contributed by atoms with Crippen LogP contribution in [0.2, 0.25) is 0 Å². The number of aromatic nitrogens is 2. The molecule has 37 heavy (non-hydrogen) atoms. The summed E-state index contributed by atoms with van der Waals surface area (Å²) in [7, 11) is 3.70. The molecule has 0 spiro atoms. The molecule has 186 valence electrons. The normalized spacial score (nSPS) is 11.9. The van der Waals surface area contributed by atoms with Crippen molar-refractivity contribution in [2.24, 2.45) is 7.05 Å². The highest BCUT2D eigenvalue weighted by atomic mass is 16.2. The van der Waals surface area contributed by atoms with Gasteiger partial charge in [-0.1, -0.05) is 78.9 Å². The molecule has 0 aliphatic carbocycles. The minimum atomic E-state index is -0.222. The number of nitrogens with one attached hydrogen (secondary N) is 1. The lowest BCUT2D eigenvalue weighted by Gasteiger charge is -2.29. The Hall–Kier alpha value is -4.45. The summed E-state index contributed by atoms with van der Waals surface area (Å²) in [6.07, 6.45) is 1.30. The van der Waals surface area contributed by atoms with E-state index in [1.54, 1.807) is 0 Å². The summed E-state index contributed by atoms with van der Waals surface area (Å²) in [6, 6.07) is 31.5. The zero-order chi connectivity index (χ0) is 25.8. The lowest BCUT2D eigenvalue weighted by Crippen LogP contribution is -2.41. The van der Waals surface area contributed by atoms with Crippen LogP contribution in [0.4, 0.5) is 0 Å². The van der Waals surface area contributed by atoms with Crippen molar-refractivity contribution in [1.82, 2.24) is 19.8 Å². The van der Waals surface area contributed by atoms with Gasteiger partial charge in [0.15, 0.2) is 5.82 Å². The van der Waals surface area contributed by atoms with Crippen LogP contribution in [0.3, 0.4) is 0 Å². The molecule has 6 nitrogen and oxygen atoms in total. The molecule has 1 aromatic heterocycles. The number of aryl methyl sites for hydroxylation is 1. The summed E-state index contributed by atoms with van der Waals surface area (Å²) in [6.45, 7) is 0.423. The number of fused-ring (bicyclic) bond motifs is 2. The Morgan fingerprint density at radius 3 is 2.41 bits per heavy atom. The van der Waals surface area contributed by atoms with E-state index < -0.39 is 0 Å². The van der Waals surface area contributed by atoms with Gasteiger partial charge in [0.05, 0.1) is 11.0 Å². The van der Waals surface area contributed by atoms with Crippen LogP contribution in [0.1, 0.15) is 33.0 Å². The SMILES string of the molecule is CN(C(=O)c1cccc2ccccc12)[C@H](CCNC(=O)c1nc2ccccc2n1C)Cc1ccccc1. The second-order valence-electron chi connectivity index (χ2n) is 9.31. The molecule has 6 heteroatoms. The number of hydrogen-bond donors (Lipinski definition) is 1. The van der Waals surface area contributed by atoms with Crippen LogP contribution in [-0.4, -0.2) is 45.9 Å². The number of carbonyl (C=O) groups excluding carboxylic acids is 2. The predicted octanol–water partition coefficient (Wildman–Crippen LogP) is 5.23. The average molecular weight is 491 g/mol. The van der Waals surface area contributed by atoms with Crippen molar-refractivity contribution in [1.29, 1.82) is 0 Å². The average Bonchev–Trinajstić information content (AvgIpc) is 3.28. The molecule has 0 fully saturated rings. The van der Waals surface area contributed by atoms with Gasteiger partial charge in [0.25, 0.3) is 11.8 Å². The predicted molar refractivity (Wildman–Crippen MR) is 148 cm³/mol. The molecule has 1 heterocycles. The summed E-state index contributed by atoms with van der Waals surface area (Å²) in [4.78, 5) is 33.0. The summed E-state index contributed by atoms with van der Waals surface area (Å²) >= 11 is 0. The number of imidazole rings is 1. The Balaban J connectivity index is 1.34. The molecule has 2 amide bonds. The quantitative estimate of drug-likeness (QED) is 0.324. The molecule has 0 bridgehead atoms. The lowest BCUT2D eigenvalue weighted by molar-refractivity contribution is 0.0724. The topological polar surface area (TPSA) is 67.2 Å². The first-order valence-corrected chi connectivity index (χ1v) is 12.5. The van der Waals surface area contributed by atoms with E-state index >= 15 is 0 Å². The fraction of sp³-hybridized carbons (Fsp3) is 0.194.